The highest BCUT2D eigenvalue weighted by atomic mass is 32.1. The number of nitrogens with zero attached hydrogens (tertiary/aromatic N) is 1. The topological polar surface area (TPSA) is 62.1 Å². The van der Waals surface area contributed by atoms with Crippen molar-refractivity contribution in [1.29, 1.82) is 5.26 Å². The van der Waals surface area contributed by atoms with Gasteiger partial charge in [-0.15, -0.1) is 11.3 Å². The van der Waals surface area contributed by atoms with Crippen LogP contribution in [0.15, 0.2) is 24.3 Å². The Morgan fingerprint density at radius 2 is 2.21 bits per heavy atom. The highest BCUT2D eigenvalue weighted by Gasteiger charge is 2.28. The molecule has 2 aromatic rings. The molecule has 2 aliphatic rings. The average molecular weight is 338 g/mol. The van der Waals surface area contributed by atoms with E-state index in [1.54, 1.807) is 11.3 Å². The summed E-state index contributed by atoms with van der Waals surface area (Å²) < 4.78 is 5.40. The fourth-order valence-electron chi connectivity index (χ4n) is 3.53. The molecular formula is C19H18N2O2S. The van der Waals surface area contributed by atoms with Crippen LogP contribution in [0.25, 0.3) is 11.1 Å². The Kier molecular flexibility index (Phi) is 4.09. The van der Waals surface area contributed by atoms with Gasteiger partial charge in [0.15, 0.2) is 0 Å². The van der Waals surface area contributed by atoms with Crippen molar-refractivity contribution < 1.29 is 9.53 Å². The zero-order valence-corrected chi connectivity index (χ0v) is 14.1. The number of thiophene rings is 1. The van der Waals surface area contributed by atoms with Gasteiger partial charge in [0, 0.05) is 17.0 Å². The smallest absolute Gasteiger partial charge is 0.230 e. The van der Waals surface area contributed by atoms with E-state index >= 15 is 0 Å². The van der Waals surface area contributed by atoms with Crippen molar-refractivity contribution in [2.45, 2.75) is 25.7 Å². The summed E-state index contributed by atoms with van der Waals surface area (Å²) in [6, 6.07) is 10.5. The van der Waals surface area contributed by atoms with E-state index in [9.17, 15) is 10.1 Å². The van der Waals surface area contributed by atoms with Gasteiger partial charge in [-0.25, -0.2) is 0 Å². The molecule has 0 unspecified atom stereocenters. The summed E-state index contributed by atoms with van der Waals surface area (Å²) in [5.41, 5.74) is 4.03. The van der Waals surface area contributed by atoms with Crippen LogP contribution in [0.3, 0.4) is 0 Å². The average Bonchev–Trinajstić information content (AvgIpc) is 3.00. The molecule has 24 heavy (non-hydrogen) atoms. The van der Waals surface area contributed by atoms with Gasteiger partial charge in [-0.2, -0.15) is 5.26 Å². The lowest BCUT2D eigenvalue weighted by Gasteiger charge is -2.20. The predicted octanol–water partition coefficient (Wildman–Crippen LogP) is 3.75. The summed E-state index contributed by atoms with van der Waals surface area (Å²) in [7, 11) is 0. The molecular weight excluding hydrogens is 320 g/mol. The zero-order chi connectivity index (χ0) is 16.5. The number of anilines is 1. The van der Waals surface area contributed by atoms with Crippen LogP contribution in [0, 0.1) is 17.2 Å². The number of nitrogens with one attached hydrogen (secondary N) is 1. The lowest BCUT2D eigenvalue weighted by atomic mass is 9.88. The normalized spacial score (nSPS) is 19.0. The van der Waals surface area contributed by atoms with Gasteiger partial charge in [-0.3, -0.25) is 4.79 Å². The van der Waals surface area contributed by atoms with Crippen LogP contribution >= 0.6 is 11.3 Å². The van der Waals surface area contributed by atoms with Gasteiger partial charge in [-0.1, -0.05) is 24.3 Å². The minimum absolute atomic E-state index is 0.0296. The van der Waals surface area contributed by atoms with E-state index in [1.165, 1.54) is 10.4 Å². The molecule has 0 radical (unpaired) electrons. The number of carbonyl (C=O) groups excluding carboxylic acids is 1. The van der Waals surface area contributed by atoms with Gasteiger partial charge in [0.25, 0.3) is 0 Å². The maximum absolute atomic E-state index is 12.5. The fourth-order valence-corrected chi connectivity index (χ4v) is 4.69. The van der Waals surface area contributed by atoms with Gasteiger partial charge in [-0.05, 0) is 36.8 Å². The van der Waals surface area contributed by atoms with Crippen LogP contribution in [0.2, 0.25) is 0 Å². The van der Waals surface area contributed by atoms with Crippen LogP contribution < -0.4 is 5.32 Å². The van der Waals surface area contributed by atoms with Gasteiger partial charge < -0.3 is 10.1 Å². The summed E-state index contributed by atoms with van der Waals surface area (Å²) in [6.07, 6.45) is 3.67. The monoisotopic (exact) mass is 338 g/mol. The molecule has 5 heteroatoms. The minimum atomic E-state index is -0.114. The van der Waals surface area contributed by atoms with E-state index in [2.05, 4.69) is 23.5 Å². The van der Waals surface area contributed by atoms with Crippen molar-refractivity contribution in [1.82, 2.24) is 0 Å². The number of rotatable bonds is 2. The van der Waals surface area contributed by atoms with Gasteiger partial charge in [0.1, 0.15) is 11.1 Å². The summed E-state index contributed by atoms with van der Waals surface area (Å²) in [4.78, 5) is 13.7. The molecule has 1 aromatic heterocycles. The highest BCUT2D eigenvalue weighted by Crippen LogP contribution is 2.44. The number of nitriles is 1. The van der Waals surface area contributed by atoms with E-state index in [1.807, 2.05) is 12.1 Å². The Balaban J connectivity index is 1.68. The van der Waals surface area contributed by atoms with E-state index in [0.717, 1.165) is 43.4 Å². The Morgan fingerprint density at radius 1 is 1.33 bits per heavy atom. The molecule has 122 valence electrons. The first kappa shape index (κ1) is 15.4. The Labute approximate surface area is 145 Å². The maximum atomic E-state index is 12.5. The van der Waals surface area contributed by atoms with Crippen LogP contribution in [0.1, 0.15) is 28.8 Å². The largest absolute Gasteiger partial charge is 0.381 e. The third-order valence-electron chi connectivity index (χ3n) is 4.77. The van der Waals surface area contributed by atoms with Crippen LogP contribution in [-0.2, 0) is 22.4 Å². The molecule has 1 aliphatic carbocycles. The molecule has 1 saturated heterocycles. The number of carbonyl (C=O) groups is 1. The molecule has 1 fully saturated rings. The summed E-state index contributed by atoms with van der Waals surface area (Å²) in [6.45, 7) is 1.21. The first-order valence-corrected chi connectivity index (χ1v) is 9.12. The third kappa shape index (κ3) is 2.62. The Bertz CT molecular complexity index is 828. The number of hydrogen-bond donors (Lipinski definition) is 1. The summed E-state index contributed by atoms with van der Waals surface area (Å²) >= 11 is 1.55. The van der Waals surface area contributed by atoms with Crippen LogP contribution in [-0.4, -0.2) is 19.1 Å². The van der Waals surface area contributed by atoms with E-state index in [4.69, 9.17) is 4.74 Å². The summed E-state index contributed by atoms with van der Waals surface area (Å²) in [5, 5.41) is 13.4. The summed E-state index contributed by atoms with van der Waals surface area (Å²) in [5.74, 6) is -0.144. The van der Waals surface area contributed by atoms with E-state index in [-0.39, 0.29) is 11.8 Å². The lowest BCUT2D eigenvalue weighted by Crippen LogP contribution is -2.30. The van der Waals surface area contributed by atoms with Crippen LogP contribution in [0.5, 0.6) is 0 Å². The zero-order valence-electron chi connectivity index (χ0n) is 13.3. The number of aryl methyl sites for hydroxylation is 2. The Hall–Kier alpha value is -2.16. The molecule has 1 amide bonds. The second-order valence-corrected chi connectivity index (χ2v) is 7.38. The van der Waals surface area contributed by atoms with Crippen molar-refractivity contribution in [3.8, 4) is 17.2 Å². The highest BCUT2D eigenvalue weighted by molar-refractivity contribution is 7.17. The molecule has 1 N–H and O–H groups in total. The van der Waals surface area contributed by atoms with Gasteiger partial charge in [0.05, 0.1) is 18.1 Å². The maximum Gasteiger partial charge on any atom is 0.230 e. The molecule has 4 rings (SSSR count). The second kappa shape index (κ2) is 6.39. The standard InChI is InChI=1S/C19H18N2O2S/c20-10-15-17-14-6-2-1-4-12(14)7-8-16(17)24-19(15)21-18(22)13-5-3-9-23-11-13/h1-2,4,6,13H,3,5,7-9,11H2,(H,21,22)/t13-/m0/s1. The SMILES string of the molecule is N#Cc1c(NC(=O)[C@H]2CCCOC2)sc2c1-c1ccccc1CC2. The van der Waals surface area contributed by atoms with Crippen molar-refractivity contribution in [2.75, 3.05) is 18.5 Å². The van der Waals surface area contributed by atoms with Gasteiger partial charge in [0.2, 0.25) is 5.91 Å². The van der Waals surface area contributed by atoms with Crippen molar-refractivity contribution in [3.63, 3.8) is 0 Å². The molecule has 4 nitrogen and oxygen atoms in total. The molecule has 1 aromatic carbocycles. The van der Waals surface area contributed by atoms with Crippen molar-refractivity contribution in [3.05, 3.63) is 40.3 Å². The van der Waals surface area contributed by atoms with E-state index in [0.29, 0.717) is 17.2 Å². The molecule has 1 aliphatic heterocycles. The molecule has 0 saturated carbocycles. The lowest BCUT2D eigenvalue weighted by molar-refractivity contribution is -0.123. The fraction of sp³-hybridized carbons (Fsp3) is 0.368. The number of ether oxygens (including phenoxy) is 1. The predicted molar refractivity (Wildman–Crippen MR) is 94.1 cm³/mol. The molecule has 0 bridgehead atoms. The first-order chi connectivity index (χ1) is 11.8. The Morgan fingerprint density at radius 3 is 3.00 bits per heavy atom. The third-order valence-corrected chi connectivity index (χ3v) is 5.93. The minimum Gasteiger partial charge on any atom is -0.381 e. The van der Waals surface area contributed by atoms with Crippen molar-refractivity contribution in [2.24, 2.45) is 5.92 Å². The van der Waals surface area contributed by atoms with Crippen molar-refractivity contribution >= 4 is 22.2 Å². The molecule has 0 spiro atoms. The number of hydrogen-bond acceptors (Lipinski definition) is 4. The van der Waals surface area contributed by atoms with Gasteiger partial charge >= 0.3 is 0 Å². The number of fused-ring (bicyclic) bond motifs is 3. The van der Waals surface area contributed by atoms with Crippen LogP contribution in [0.4, 0.5) is 5.00 Å². The quantitative estimate of drug-likeness (QED) is 0.907. The molecule has 2 heterocycles. The number of benzene rings is 1. The molecule has 1 atom stereocenters. The van der Waals surface area contributed by atoms with E-state index < -0.39 is 0 Å². The second-order valence-electron chi connectivity index (χ2n) is 6.28. The number of amides is 1. The first-order valence-electron chi connectivity index (χ1n) is 8.30.